The first kappa shape index (κ1) is 18.3. The Labute approximate surface area is 162 Å². The van der Waals surface area contributed by atoms with Crippen molar-refractivity contribution in [2.75, 3.05) is 6.54 Å². The van der Waals surface area contributed by atoms with Crippen LogP contribution in [0.3, 0.4) is 0 Å². The monoisotopic (exact) mass is 382 g/mol. The SMILES string of the molecule is O=C(O[C@@H](C(=O)NC1CC1)c1ccccc1)[C@H]1CC(=O)N(Cc2ccco2)C1. The topological polar surface area (TPSA) is 88.8 Å². The molecule has 2 amide bonds. The lowest BCUT2D eigenvalue weighted by molar-refractivity contribution is -0.160. The number of likely N-dealkylation sites (tertiary alicyclic amines) is 1. The van der Waals surface area contributed by atoms with E-state index in [0.29, 0.717) is 17.9 Å². The lowest BCUT2D eigenvalue weighted by Gasteiger charge is -2.20. The summed E-state index contributed by atoms with van der Waals surface area (Å²) < 4.78 is 10.9. The standard InChI is InChI=1S/C21H22N2O5/c24-18-11-15(12-23(18)13-17-7-4-10-27-17)21(26)28-19(14-5-2-1-3-6-14)20(25)22-16-8-9-16/h1-7,10,15-16,19H,8-9,11-13H2,(H,22,25)/t15-,19+/m0/s1. The van der Waals surface area contributed by atoms with Crippen LogP contribution in [0, 0.1) is 5.92 Å². The molecule has 2 fully saturated rings. The van der Waals surface area contributed by atoms with Gasteiger partial charge in [-0.3, -0.25) is 14.4 Å². The highest BCUT2D eigenvalue weighted by atomic mass is 16.5. The van der Waals surface area contributed by atoms with E-state index in [0.717, 1.165) is 12.8 Å². The fraction of sp³-hybridized carbons (Fsp3) is 0.381. The van der Waals surface area contributed by atoms with Crippen molar-refractivity contribution in [1.82, 2.24) is 10.2 Å². The third kappa shape index (κ3) is 4.24. The quantitative estimate of drug-likeness (QED) is 0.742. The molecule has 146 valence electrons. The van der Waals surface area contributed by atoms with Gasteiger partial charge < -0.3 is 19.4 Å². The van der Waals surface area contributed by atoms with E-state index < -0.39 is 18.0 Å². The Bertz CT molecular complexity index is 845. The van der Waals surface area contributed by atoms with Crippen molar-refractivity contribution >= 4 is 17.8 Å². The molecule has 1 aliphatic heterocycles. The number of carbonyl (C=O) groups is 3. The number of ether oxygens (including phenoxy) is 1. The number of hydrogen-bond acceptors (Lipinski definition) is 5. The molecule has 1 saturated heterocycles. The van der Waals surface area contributed by atoms with Crippen molar-refractivity contribution in [3.63, 3.8) is 0 Å². The van der Waals surface area contributed by atoms with Gasteiger partial charge in [-0.25, -0.2) is 0 Å². The van der Waals surface area contributed by atoms with Gasteiger partial charge in [-0.15, -0.1) is 0 Å². The van der Waals surface area contributed by atoms with E-state index in [-0.39, 0.29) is 30.8 Å². The van der Waals surface area contributed by atoms with Crippen LogP contribution >= 0.6 is 0 Å². The second-order valence-corrected chi connectivity index (χ2v) is 7.27. The fourth-order valence-electron chi connectivity index (χ4n) is 3.29. The van der Waals surface area contributed by atoms with E-state index in [2.05, 4.69) is 5.32 Å². The zero-order chi connectivity index (χ0) is 19.5. The molecule has 1 aromatic carbocycles. The van der Waals surface area contributed by atoms with E-state index in [1.165, 1.54) is 0 Å². The van der Waals surface area contributed by atoms with Crippen molar-refractivity contribution in [2.45, 2.75) is 38.0 Å². The Kier molecular flexibility index (Phi) is 5.14. The molecule has 1 N–H and O–H groups in total. The molecule has 4 rings (SSSR count). The van der Waals surface area contributed by atoms with Crippen molar-refractivity contribution < 1.29 is 23.5 Å². The average Bonchev–Trinajstić information content (AvgIpc) is 3.21. The average molecular weight is 382 g/mol. The summed E-state index contributed by atoms with van der Waals surface area (Å²) in [6.07, 6.45) is 2.50. The van der Waals surface area contributed by atoms with Crippen LogP contribution in [0.2, 0.25) is 0 Å². The van der Waals surface area contributed by atoms with Gasteiger partial charge in [0.2, 0.25) is 12.0 Å². The predicted molar refractivity (Wildman–Crippen MR) is 98.7 cm³/mol. The van der Waals surface area contributed by atoms with Gasteiger partial charge in [0.15, 0.2) is 0 Å². The zero-order valence-electron chi connectivity index (χ0n) is 15.4. The molecule has 28 heavy (non-hydrogen) atoms. The first-order valence-corrected chi connectivity index (χ1v) is 9.46. The van der Waals surface area contributed by atoms with Crippen molar-refractivity contribution in [3.8, 4) is 0 Å². The first-order chi connectivity index (χ1) is 13.6. The Hall–Kier alpha value is -3.09. The second kappa shape index (κ2) is 7.88. The van der Waals surface area contributed by atoms with Crippen LogP contribution in [0.15, 0.2) is 53.1 Å². The van der Waals surface area contributed by atoms with Crippen LogP contribution in [-0.2, 0) is 25.7 Å². The Morgan fingerprint density at radius 2 is 1.96 bits per heavy atom. The molecule has 0 spiro atoms. The summed E-state index contributed by atoms with van der Waals surface area (Å²) in [5.41, 5.74) is 0.616. The molecule has 2 aliphatic rings. The summed E-state index contributed by atoms with van der Waals surface area (Å²) in [5, 5.41) is 2.89. The van der Waals surface area contributed by atoms with Gasteiger partial charge in [-0.2, -0.15) is 0 Å². The van der Waals surface area contributed by atoms with Crippen LogP contribution < -0.4 is 5.32 Å². The highest BCUT2D eigenvalue weighted by Crippen LogP contribution is 2.27. The summed E-state index contributed by atoms with van der Waals surface area (Å²) in [6, 6.07) is 12.6. The molecule has 0 radical (unpaired) electrons. The van der Waals surface area contributed by atoms with E-state index in [1.807, 2.05) is 6.07 Å². The molecule has 7 nitrogen and oxygen atoms in total. The van der Waals surface area contributed by atoms with Gasteiger partial charge in [-0.05, 0) is 25.0 Å². The number of rotatable bonds is 7. The molecule has 2 aromatic rings. The number of benzene rings is 1. The van der Waals surface area contributed by atoms with Crippen LogP contribution in [-0.4, -0.2) is 35.3 Å². The van der Waals surface area contributed by atoms with Gasteiger partial charge in [0.05, 0.1) is 18.7 Å². The minimum Gasteiger partial charge on any atom is -0.467 e. The summed E-state index contributed by atoms with van der Waals surface area (Å²) in [5.74, 6) is -0.915. The molecule has 2 heterocycles. The predicted octanol–water partition coefficient (Wildman–Crippen LogP) is 2.19. The molecule has 1 aromatic heterocycles. The number of amides is 2. The molecule has 0 unspecified atom stereocenters. The molecule has 2 atom stereocenters. The second-order valence-electron chi connectivity index (χ2n) is 7.27. The Balaban J connectivity index is 1.42. The summed E-state index contributed by atoms with van der Waals surface area (Å²) in [6.45, 7) is 0.573. The lowest BCUT2D eigenvalue weighted by atomic mass is 10.1. The maximum Gasteiger partial charge on any atom is 0.312 e. The third-order valence-corrected chi connectivity index (χ3v) is 4.97. The molecule has 1 saturated carbocycles. The molecular formula is C21H22N2O5. The molecule has 7 heteroatoms. The maximum atomic E-state index is 12.7. The largest absolute Gasteiger partial charge is 0.467 e. The lowest BCUT2D eigenvalue weighted by Crippen LogP contribution is -2.35. The summed E-state index contributed by atoms with van der Waals surface area (Å²) in [4.78, 5) is 39.2. The van der Waals surface area contributed by atoms with Crippen molar-refractivity contribution in [1.29, 1.82) is 0 Å². The van der Waals surface area contributed by atoms with Gasteiger partial charge >= 0.3 is 5.97 Å². The van der Waals surface area contributed by atoms with Crippen LogP contribution in [0.5, 0.6) is 0 Å². The van der Waals surface area contributed by atoms with Crippen LogP contribution in [0.4, 0.5) is 0 Å². The number of esters is 1. The van der Waals surface area contributed by atoms with Crippen molar-refractivity contribution in [3.05, 3.63) is 60.1 Å². The summed E-state index contributed by atoms with van der Waals surface area (Å²) >= 11 is 0. The van der Waals surface area contributed by atoms with Crippen LogP contribution in [0.25, 0.3) is 0 Å². The Morgan fingerprint density at radius 1 is 1.18 bits per heavy atom. The Morgan fingerprint density at radius 3 is 2.64 bits per heavy atom. The number of carbonyl (C=O) groups excluding carboxylic acids is 3. The highest BCUT2D eigenvalue weighted by Gasteiger charge is 2.38. The highest BCUT2D eigenvalue weighted by molar-refractivity contribution is 5.89. The molecule has 0 bridgehead atoms. The van der Waals surface area contributed by atoms with E-state index in [9.17, 15) is 14.4 Å². The van der Waals surface area contributed by atoms with Crippen molar-refractivity contribution in [2.24, 2.45) is 5.92 Å². The number of nitrogens with zero attached hydrogens (tertiary/aromatic N) is 1. The minimum atomic E-state index is -1.01. The van der Waals surface area contributed by atoms with Crippen LogP contribution in [0.1, 0.15) is 36.7 Å². The first-order valence-electron chi connectivity index (χ1n) is 9.46. The fourth-order valence-corrected chi connectivity index (χ4v) is 3.29. The smallest absolute Gasteiger partial charge is 0.312 e. The third-order valence-electron chi connectivity index (χ3n) is 4.97. The van der Waals surface area contributed by atoms with Gasteiger partial charge in [0.1, 0.15) is 5.76 Å². The normalized spacial score (nSPS) is 20.1. The summed E-state index contributed by atoms with van der Waals surface area (Å²) in [7, 11) is 0. The maximum absolute atomic E-state index is 12.7. The number of nitrogens with one attached hydrogen (secondary N) is 1. The zero-order valence-corrected chi connectivity index (χ0v) is 15.4. The van der Waals surface area contributed by atoms with E-state index in [1.54, 1.807) is 47.6 Å². The molecular weight excluding hydrogens is 360 g/mol. The van der Waals surface area contributed by atoms with Gasteiger partial charge in [0, 0.05) is 24.6 Å². The minimum absolute atomic E-state index is 0.0747. The number of furan rings is 1. The number of hydrogen-bond donors (Lipinski definition) is 1. The van der Waals surface area contributed by atoms with E-state index >= 15 is 0 Å². The van der Waals surface area contributed by atoms with E-state index in [4.69, 9.17) is 9.15 Å². The van der Waals surface area contributed by atoms with Gasteiger partial charge in [-0.1, -0.05) is 30.3 Å². The molecule has 1 aliphatic carbocycles. The van der Waals surface area contributed by atoms with Gasteiger partial charge in [0.25, 0.3) is 5.91 Å².